The molecule has 0 saturated carbocycles. The molecule has 112 valence electrons. The summed E-state index contributed by atoms with van der Waals surface area (Å²) >= 11 is 0. The van der Waals surface area contributed by atoms with Gasteiger partial charge in [-0.25, -0.2) is 0 Å². The summed E-state index contributed by atoms with van der Waals surface area (Å²) in [5, 5.41) is 2.65. The SMILES string of the molecule is CCOP(=O)(OCC)[C@@H](N)c1ccc(NC(C)=O)cc1. The number of rotatable bonds is 7. The van der Waals surface area contributed by atoms with Crippen molar-refractivity contribution in [3.05, 3.63) is 29.8 Å². The third kappa shape index (κ3) is 4.42. The lowest BCUT2D eigenvalue weighted by Crippen LogP contribution is -2.15. The van der Waals surface area contributed by atoms with Gasteiger partial charge in [-0.15, -0.1) is 0 Å². The van der Waals surface area contributed by atoms with Crippen LogP contribution in [-0.4, -0.2) is 19.1 Å². The number of anilines is 1. The molecule has 0 bridgehead atoms. The van der Waals surface area contributed by atoms with Gasteiger partial charge < -0.3 is 20.1 Å². The van der Waals surface area contributed by atoms with E-state index in [0.717, 1.165) is 0 Å². The molecule has 0 aliphatic rings. The minimum absolute atomic E-state index is 0.156. The van der Waals surface area contributed by atoms with E-state index in [-0.39, 0.29) is 19.1 Å². The Hall–Kier alpha value is -1.20. The lowest BCUT2D eigenvalue weighted by molar-refractivity contribution is -0.114. The van der Waals surface area contributed by atoms with Gasteiger partial charge in [-0.05, 0) is 31.5 Å². The summed E-state index contributed by atoms with van der Waals surface area (Å²) in [4.78, 5) is 10.9. The highest BCUT2D eigenvalue weighted by Crippen LogP contribution is 2.58. The molecule has 0 radical (unpaired) electrons. The minimum atomic E-state index is -3.38. The van der Waals surface area contributed by atoms with Crippen molar-refractivity contribution in [2.24, 2.45) is 5.73 Å². The Bertz CT molecular complexity index is 480. The number of hydrogen-bond acceptors (Lipinski definition) is 5. The van der Waals surface area contributed by atoms with Crippen molar-refractivity contribution in [1.29, 1.82) is 0 Å². The van der Waals surface area contributed by atoms with Crippen LogP contribution in [0.4, 0.5) is 5.69 Å². The molecule has 7 heteroatoms. The molecule has 0 aliphatic carbocycles. The first-order chi connectivity index (χ1) is 9.42. The first kappa shape index (κ1) is 16.9. The van der Waals surface area contributed by atoms with E-state index < -0.39 is 13.4 Å². The van der Waals surface area contributed by atoms with E-state index in [2.05, 4.69) is 5.32 Å². The topological polar surface area (TPSA) is 90.7 Å². The molecule has 0 heterocycles. The first-order valence-corrected chi connectivity index (χ1v) is 8.06. The van der Waals surface area contributed by atoms with Gasteiger partial charge in [0.1, 0.15) is 5.78 Å². The van der Waals surface area contributed by atoms with Crippen molar-refractivity contribution >= 4 is 19.2 Å². The van der Waals surface area contributed by atoms with E-state index in [9.17, 15) is 9.36 Å². The Labute approximate surface area is 119 Å². The van der Waals surface area contributed by atoms with Crippen molar-refractivity contribution in [2.75, 3.05) is 18.5 Å². The Balaban J connectivity index is 2.92. The first-order valence-electron chi connectivity index (χ1n) is 6.44. The molecule has 0 fully saturated rings. The second kappa shape index (κ2) is 7.55. The summed E-state index contributed by atoms with van der Waals surface area (Å²) in [5.74, 6) is -1.01. The number of carbonyl (C=O) groups excluding carboxylic acids is 1. The minimum Gasteiger partial charge on any atom is -0.326 e. The van der Waals surface area contributed by atoms with Gasteiger partial charge in [0.05, 0.1) is 13.2 Å². The highest BCUT2D eigenvalue weighted by molar-refractivity contribution is 7.54. The van der Waals surface area contributed by atoms with E-state index in [0.29, 0.717) is 11.3 Å². The highest BCUT2D eigenvalue weighted by atomic mass is 31.2. The monoisotopic (exact) mass is 300 g/mol. The second-order valence-electron chi connectivity index (χ2n) is 4.12. The van der Waals surface area contributed by atoms with Gasteiger partial charge in [0, 0.05) is 12.6 Å². The summed E-state index contributed by atoms with van der Waals surface area (Å²) in [7, 11) is -3.38. The van der Waals surface area contributed by atoms with Gasteiger partial charge in [-0.2, -0.15) is 0 Å². The van der Waals surface area contributed by atoms with E-state index in [1.54, 1.807) is 38.1 Å². The number of nitrogens with two attached hydrogens (primary N) is 1. The number of hydrogen-bond donors (Lipinski definition) is 2. The molecule has 1 aromatic rings. The van der Waals surface area contributed by atoms with Crippen molar-refractivity contribution < 1.29 is 18.4 Å². The molecule has 0 unspecified atom stereocenters. The Kier molecular flexibility index (Phi) is 6.36. The zero-order chi connectivity index (χ0) is 15.2. The summed E-state index contributed by atoms with van der Waals surface area (Å²) in [6.45, 7) is 5.42. The maximum atomic E-state index is 12.5. The number of benzene rings is 1. The van der Waals surface area contributed by atoms with Gasteiger partial charge >= 0.3 is 7.60 Å². The summed E-state index contributed by atoms with van der Waals surface area (Å²) in [6, 6.07) is 6.78. The maximum Gasteiger partial charge on any atom is 0.351 e. The summed E-state index contributed by atoms with van der Waals surface area (Å²) in [6.07, 6.45) is 0. The van der Waals surface area contributed by atoms with Crippen LogP contribution in [-0.2, 0) is 18.4 Å². The molecular weight excluding hydrogens is 279 g/mol. The fourth-order valence-electron chi connectivity index (χ4n) is 1.71. The van der Waals surface area contributed by atoms with Crippen LogP contribution in [0.3, 0.4) is 0 Å². The van der Waals surface area contributed by atoms with E-state index in [4.69, 9.17) is 14.8 Å². The van der Waals surface area contributed by atoms with Crippen molar-refractivity contribution in [1.82, 2.24) is 0 Å². The molecule has 1 amide bonds. The molecular formula is C13H21N2O4P. The van der Waals surface area contributed by atoms with Gasteiger partial charge in [0.15, 0.2) is 0 Å². The molecule has 0 saturated heterocycles. The number of amides is 1. The fraction of sp³-hybridized carbons (Fsp3) is 0.462. The molecule has 0 aromatic heterocycles. The fourth-order valence-corrected chi connectivity index (χ4v) is 3.36. The third-order valence-corrected chi connectivity index (χ3v) is 4.75. The standard InChI is InChI=1S/C13H21N2O4P/c1-4-18-20(17,19-5-2)13(14)11-6-8-12(9-7-11)15-10(3)16/h6-9,13H,4-5,14H2,1-3H3,(H,15,16)/t13-/m1/s1. The molecule has 0 spiro atoms. The zero-order valence-corrected chi connectivity index (χ0v) is 12.9. The third-order valence-electron chi connectivity index (χ3n) is 2.53. The summed E-state index contributed by atoms with van der Waals surface area (Å²) in [5.41, 5.74) is 7.27. The van der Waals surface area contributed by atoms with Gasteiger partial charge in [-0.1, -0.05) is 12.1 Å². The van der Waals surface area contributed by atoms with Gasteiger partial charge in [-0.3, -0.25) is 9.36 Å². The Morgan fingerprint density at radius 1 is 1.25 bits per heavy atom. The van der Waals surface area contributed by atoms with Crippen LogP contribution in [0.25, 0.3) is 0 Å². The molecule has 0 aliphatic heterocycles. The molecule has 3 N–H and O–H groups in total. The van der Waals surface area contributed by atoms with Crippen LogP contribution < -0.4 is 11.1 Å². The lowest BCUT2D eigenvalue weighted by Gasteiger charge is -2.23. The van der Waals surface area contributed by atoms with Gasteiger partial charge in [0.2, 0.25) is 5.91 Å². The zero-order valence-electron chi connectivity index (χ0n) is 12.0. The summed E-state index contributed by atoms with van der Waals surface area (Å²) < 4.78 is 23.0. The molecule has 1 atom stereocenters. The largest absolute Gasteiger partial charge is 0.351 e. The van der Waals surface area contributed by atoms with Crippen LogP contribution >= 0.6 is 7.60 Å². The van der Waals surface area contributed by atoms with Crippen LogP contribution in [0.2, 0.25) is 0 Å². The van der Waals surface area contributed by atoms with Crippen LogP contribution in [0.5, 0.6) is 0 Å². The predicted molar refractivity (Wildman–Crippen MR) is 78.5 cm³/mol. The van der Waals surface area contributed by atoms with Crippen molar-refractivity contribution in [3.63, 3.8) is 0 Å². The highest BCUT2D eigenvalue weighted by Gasteiger charge is 2.33. The van der Waals surface area contributed by atoms with Crippen LogP contribution in [0.1, 0.15) is 32.1 Å². The Morgan fingerprint density at radius 3 is 2.15 bits per heavy atom. The quantitative estimate of drug-likeness (QED) is 0.756. The van der Waals surface area contributed by atoms with Crippen LogP contribution in [0, 0.1) is 0 Å². The van der Waals surface area contributed by atoms with Crippen LogP contribution in [0.15, 0.2) is 24.3 Å². The van der Waals surface area contributed by atoms with Crippen molar-refractivity contribution in [3.8, 4) is 0 Å². The lowest BCUT2D eigenvalue weighted by atomic mass is 10.2. The average molecular weight is 300 g/mol. The molecule has 1 aromatic carbocycles. The van der Waals surface area contributed by atoms with Gasteiger partial charge in [0.25, 0.3) is 0 Å². The normalized spacial score (nSPS) is 13.0. The Morgan fingerprint density at radius 2 is 1.75 bits per heavy atom. The van der Waals surface area contributed by atoms with E-state index in [1.807, 2.05) is 0 Å². The van der Waals surface area contributed by atoms with E-state index in [1.165, 1.54) is 6.92 Å². The smallest absolute Gasteiger partial charge is 0.326 e. The predicted octanol–water partition coefficient (Wildman–Crippen LogP) is 2.87. The second-order valence-corrected chi connectivity index (χ2v) is 6.28. The average Bonchev–Trinajstić information content (AvgIpc) is 2.38. The van der Waals surface area contributed by atoms with Crippen molar-refractivity contribution in [2.45, 2.75) is 26.6 Å². The number of nitrogens with one attached hydrogen (secondary N) is 1. The maximum absolute atomic E-state index is 12.5. The molecule has 20 heavy (non-hydrogen) atoms. The van der Waals surface area contributed by atoms with E-state index >= 15 is 0 Å². The number of carbonyl (C=O) groups is 1. The molecule has 6 nitrogen and oxygen atoms in total. The molecule has 1 rings (SSSR count).